The molecule has 0 bridgehead atoms. The summed E-state index contributed by atoms with van der Waals surface area (Å²) in [7, 11) is 0. The summed E-state index contributed by atoms with van der Waals surface area (Å²) in [6.45, 7) is 8.69. The summed E-state index contributed by atoms with van der Waals surface area (Å²) in [6, 6.07) is 6.25. The van der Waals surface area contributed by atoms with Gasteiger partial charge in [-0.25, -0.2) is 9.98 Å². The molecular formula is C26H29N5O. The van der Waals surface area contributed by atoms with Gasteiger partial charge in [0.15, 0.2) is 5.84 Å². The number of fused-ring (bicyclic) bond motifs is 3. The van der Waals surface area contributed by atoms with Gasteiger partial charge < -0.3 is 5.11 Å². The molecule has 0 spiro atoms. The molecule has 0 amide bonds. The second-order valence-corrected chi connectivity index (χ2v) is 10.00. The molecule has 2 aromatic heterocycles. The minimum Gasteiger partial charge on any atom is -0.493 e. The summed E-state index contributed by atoms with van der Waals surface area (Å²) in [5.41, 5.74) is 4.51. The van der Waals surface area contributed by atoms with Crippen LogP contribution >= 0.6 is 0 Å². The molecule has 1 aliphatic heterocycles. The van der Waals surface area contributed by atoms with Crippen LogP contribution in [0, 0.1) is 11.3 Å². The van der Waals surface area contributed by atoms with Crippen LogP contribution in [0.5, 0.6) is 5.88 Å². The van der Waals surface area contributed by atoms with Gasteiger partial charge in [-0.05, 0) is 55.2 Å². The predicted molar refractivity (Wildman–Crippen MR) is 127 cm³/mol. The molecule has 2 aliphatic rings. The normalized spacial score (nSPS) is 18.2. The number of aromatic nitrogens is 3. The van der Waals surface area contributed by atoms with Crippen molar-refractivity contribution < 1.29 is 5.11 Å². The molecule has 1 aromatic carbocycles. The summed E-state index contributed by atoms with van der Waals surface area (Å²) in [4.78, 5) is 14.3. The largest absolute Gasteiger partial charge is 0.493 e. The fourth-order valence-corrected chi connectivity index (χ4v) is 3.85. The van der Waals surface area contributed by atoms with Crippen LogP contribution in [-0.4, -0.2) is 32.2 Å². The number of nitrogens with zero attached hydrogens (tertiary/aromatic N) is 4. The summed E-state index contributed by atoms with van der Waals surface area (Å²) in [5, 5.41) is 19.5. The van der Waals surface area contributed by atoms with E-state index in [4.69, 9.17) is 9.98 Å². The molecule has 1 saturated carbocycles. The molecule has 1 fully saturated rings. The number of benzene rings is 1. The molecule has 0 radical (unpaired) electrons. The van der Waals surface area contributed by atoms with E-state index in [1.165, 1.54) is 12.8 Å². The van der Waals surface area contributed by atoms with E-state index in [0.29, 0.717) is 11.4 Å². The van der Waals surface area contributed by atoms with Gasteiger partial charge in [0.2, 0.25) is 5.88 Å². The van der Waals surface area contributed by atoms with E-state index in [2.05, 4.69) is 61.1 Å². The Bertz CT molecular complexity index is 1310. The Kier molecular flexibility index (Phi) is 4.96. The third-order valence-corrected chi connectivity index (χ3v) is 6.58. The van der Waals surface area contributed by atoms with Crippen LogP contribution in [-0.2, 0) is 0 Å². The molecule has 1 aliphatic carbocycles. The van der Waals surface area contributed by atoms with Crippen LogP contribution in [0.3, 0.4) is 0 Å². The van der Waals surface area contributed by atoms with Gasteiger partial charge in [-0.1, -0.05) is 32.9 Å². The van der Waals surface area contributed by atoms with E-state index in [-0.39, 0.29) is 17.3 Å². The first-order chi connectivity index (χ1) is 15.3. The average Bonchev–Trinajstić information content (AvgIpc) is 3.42. The molecule has 164 valence electrons. The Labute approximate surface area is 187 Å². The van der Waals surface area contributed by atoms with Crippen LogP contribution < -0.4 is 10.6 Å². The van der Waals surface area contributed by atoms with Crippen molar-refractivity contribution in [3.05, 3.63) is 52.9 Å². The number of aromatic amines is 1. The molecule has 1 atom stereocenters. The maximum atomic E-state index is 10.8. The van der Waals surface area contributed by atoms with Crippen LogP contribution in [0.15, 0.2) is 46.8 Å². The average molecular weight is 428 g/mol. The van der Waals surface area contributed by atoms with Gasteiger partial charge in [0, 0.05) is 34.3 Å². The third kappa shape index (κ3) is 3.85. The van der Waals surface area contributed by atoms with Crippen molar-refractivity contribution in [3.8, 4) is 28.1 Å². The van der Waals surface area contributed by atoms with E-state index >= 15 is 0 Å². The molecule has 0 unspecified atom stereocenters. The Hall–Kier alpha value is -3.28. The van der Waals surface area contributed by atoms with Crippen molar-refractivity contribution in [2.24, 2.45) is 21.3 Å². The first-order valence-corrected chi connectivity index (χ1v) is 11.3. The maximum Gasteiger partial charge on any atom is 0.221 e. The van der Waals surface area contributed by atoms with Gasteiger partial charge in [0.25, 0.3) is 0 Å². The molecule has 32 heavy (non-hydrogen) atoms. The highest BCUT2D eigenvalue weighted by atomic mass is 16.3. The number of pyridine rings is 1. The van der Waals surface area contributed by atoms with Crippen molar-refractivity contribution in [1.82, 2.24) is 15.2 Å². The zero-order chi connectivity index (χ0) is 22.5. The lowest BCUT2D eigenvalue weighted by Gasteiger charge is -2.25. The smallest absolute Gasteiger partial charge is 0.221 e. The lowest BCUT2D eigenvalue weighted by molar-refractivity contribution is 0.341. The SMILES string of the molecule is C[C@@H](N=C1N=c2c(c(O)ncc2=CCC2CC2)-c2cc(-c3cn[nH]c3)ccc21)C(C)(C)C. The molecule has 5 rings (SSSR count). The second-order valence-electron chi connectivity index (χ2n) is 10.00. The first-order valence-electron chi connectivity index (χ1n) is 11.3. The van der Waals surface area contributed by atoms with E-state index in [1.54, 1.807) is 12.4 Å². The molecule has 6 nitrogen and oxygen atoms in total. The lowest BCUT2D eigenvalue weighted by atomic mass is 9.88. The van der Waals surface area contributed by atoms with Gasteiger partial charge in [-0.2, -0.15) is 5.10 Å². The molecule has 6 heteroatoms. The highest BCUT2D eigenvalue weighted by Crippen LogP contribution is 2.35. The number of hydrogen-bond donors (Lipinski definition) is 2. The summed E-state index contributed by atoms with van der Waals surface area (Å²) in [5.74, 6) is 1.47. The monoisotopic (exact) mass is 427 g/mol. The predicted octanol–water partition coefficient (Wildman–Crippen LogP) is 4.24. The third-order valence-electron chi connectivity index (χ3n) is 6.58. The summed E-state index contributed by atoms with van der Waals surface area (Å²) >= 11 is 0. The van der Waals surface area contributed by atoms with Gasteiger partial charge >= 0.3 is 0 Å². The first kappa shape index (κ1) is 20.6. The number of H-pyrrole nitrogens is 1. The van der Waals surface area contributed by atoms with Crippen LogP contribution in [0.4, 0.5) is 0 Å². The topological polar surface area (TPSA) is 86.5 Å². The minimum atomic E-state index is 0.000774. The number of hydrogen-bond acceptors (Lipinski definition) is 4. The summed E-state index contributed by atoms with van der Waals surface area (Å²) < 4.78 is 0. The number of amidine groups is 1. The molecular weight excluding hydrogens is 398 g/mol. The van der Waals surface area contributed by atoms with Gasteiger partial charge in [-0.15, -0.1) is 0 Å². The minimum absolute atomic E-state index is 0.000774. The fourth-order valence-electron chi connectivity index (χ4n) is 3.85. The number of aromatic hydroxyl groups is 1. The van der Waals surface area contributed by atoms with Crippen molar-refractivity contribution >= 4 is 11.9 Å². The van der Waals surface area contributed by atoms with Crippen molar-refractivity contribution in [2.75, 3.05) is 0 Å². The number of aliphatic imine (C=N–C) groups is 1. The van der Waals surface area contributed by atoms with Gasteiger partial charge in [0.05, 0.1) is 23.2 Å². The summed E-state index contributed by atoms with van der Waals surface area (Å²) in [6.07, 6.45) is 11.2. The molecule has 3 aromatic rings. The van der Waals surface area contributed by atoms with Gasteiger partial charge in [-0.3, -0.25) is 10.1 Å². The highest BCUT2D eigenvalue weighted by Gasteiger charge is 2.26. The van der Waals surface area contributed by atoms with Crippen molar-refractivity contribution in [2.45, 2.75) is 53.0 Å². The van der Waals surface area contributed by atoms with Crippen molar-refractivity contribution in [3.63, 3.8) is 0 Å². The quantitative estimate of drug-likeness (QED) is 0.653. The standard InChI is InChI=1S/C26H29N5O/c1-15(26(2,3)4)30-24-20-10-9-17(19-13-28-29-14-19)11-21(20)22-23(31-24)18(12-27-25(22)32)8-7-16-5-6-16/h8-16,32H,5-7H2,1-4H3,(H,28,29)/t15-/m1/s1. The maximum absolute atomic E-state index is 10.8. The van der Waals surface area contributed by atoms with E-state index in [1.807, 2.05) is 12.3 Å². The number of nitrogens with one attached hydrogen (secondary N) is 1. The molecule has 0 saturated heterocycles. The molecule has 3 heterocycles. The van der Waals surface area contributed by atoms with Crippen LogP contribution in [0.2, 0.25) is 0 Å². The second kappa shape index (κ2) is 7.69. The Balaban J connectivity index is 1.77. The van der Waals surface area contributed by atoms with Crippen LogP contribution in [0.1, 0.15) is 52.5 Å². The van der Waals surface area contributed by atoms with Crippen molar-refractivity contribution in [1.29, 1.82) is 0 Å². The fraction of sp³-hybridized carbons (Fsp3) is 0.385. The molecule has 2 N–H and O–H groups in total. The zero-order valence-corrected chi connectivity index (χ0v) is 19.1. The van der Waals surface area contributed by atoms with E-state index in [9.17, 15) is 5.11 Å². The van der Waals surface area contributed by atoms with Crippen LogP contribution in [0.25, 0.3) is 28.3 Å². The zero-order valence-electron chi connectivity index (χ0n) is 19.1. The Morgan fingerprint density at radius 2 is 2.00 bits per heavy atom. The van der Waals surface area contributed by atoms with Gasteiger partial charge in [0.1, 0.15) is 0 Å². The number of rotatable bonds is 4. The highest BCUT2D eigenvalue weighted by molar-refractivity contribution is 6.08. The van der Waals surface area contributed by atoms with E-state index in [0.717, 1.165) is 45.2 Å². The Morgan fingerprint density at radius 3 is 2.69 bits per heavy atom. The Morgan fingerprint density at radius 1 is 1.19 bits per heavy atom. The lowest BCUT2D eigenvalue weighted by Crippen LogP contribution is -2.33. The van der Waals surface area contributed by atoms with E-state index < -0.39 is 0 Å².